The predicted octanol–water partition coefficient (Wildman–Crippen LogP) is 0.263. The average molecular weight is 164 g/mol. The lowest BCUT2D eigenvalue weighted by Crippen LogP contribution is -2.09. The Bertz CT molecular complexity index is 482. The van der Waals surface area contributed by atoms with Crippen LogP contribution in [0.5, 0.6) is 0 Å². The van der Waals surface area contributed by atoms with Crippen LogP contribution in [-0.4, -0.2) is 20.2 Å². The minimum absolute atomic E-state index is 0.193. The van der Waals surface area contributed by atoms with Crippen LogP contribution in [0.1, 0.15) is 11.5 Å². The molecular formula is C7H8N4O. The van der Waals surface area contributed by atoms with Gasteiger partial charge in [-0.05, 0) is 13.8 Å². The van der Waals surface area contributed by atoms with Crippen LogP contribution >= 0.6 is 0 Å². The van der Waals surface area contributed by atoms with E-state index in [0.29, 0.717) is 16.9 Å². The zero-order chi connectivity index (χ0) is 8.72. The molecule has 0 aliphatic rings. The molecule has 0 aliphatic carbocycles. The topological polar surface area (TPSA) is 74.4 Å². The van der Waals surface area contributed by atoms with E-state index >= 15 is 0 Å². The van der Waals surface area contributed by atoms with Gasteiger partial charge in [0.05, 0.1) is 5.69 Å². The molecule has 0 atom stereocenters. The number of aromatic nitrogens is 4. The Morgan fingerprint density at radius 3 is 2.75 bits per heavy atom. The van der Waals surface area contributed by atoms with Gasteiger partial charge in [-0.25, -0.2) is 4.98 Å². The Morgan fingerprint density at radius 2 is 2.00 bits per heavy atom. The summed E-state index contributed by atoms with van der Waals surface area (Å²) in [4.78, 5) is 18.0. The molecule has 5 nitrogen and oxygen atoms in total. The SMILES string of the molecule is Cc1nc2c(C)[nH]nc2c(=O)[nH]1. The molecule has 0 spiro atoms. The van der Waals surface area contributed by atoms with Gasteiger partial charge in [-0.2, -0.15) is 5.10 Å². The van der Waals surface area contributed by atoms with Gasteiger partial charge in [-0.3, -0.25) is 9.89 Å². The van der Waals surface area contributed by atoms with Gasteiger partial charge in [0, 0.05) is 0 Å². The minimum atomic E-state index is -0.193. The van der Waals surface area contributed by atoms with E-state index < -0.39 is 0 Å². The maximum Gasteiger partial charge on any atom is 0.279 e. The molecule has 2 aromatic rings. The Kier molecular flexibility index (Phi) is 1.27. The number of aromatic amines is 2. The second-order valence-corrected chi connectivity index (χ2v) is 2.70. The summed E-state index contributed by atoms with van der Waals surface area (Å²) in [5.41, 5.74) is 1.65. The van der Waals surface area contributed by atoms with Crippen molar-refractivity contribution in [1.29, 1.82) is 0 Å². The minimum Gasteiger partial charge on any atom is -0.309 e. The van der Waals surface area contributed by atoms with Crippen LogP contribution in [0.2, 0.25) is 0 Å². The number of fused-ring (bicyclic) bond motifs is 1. The molecule has 0 unspecified atom stereocenters. The van der Waals surface area contributed by atoms with Gasteiger partial charge >= 0.3 is 0 Å². The highest BCUT2D eigenvalue weighted by molar-refractivity contribution is 5.75. The first-order valence-corrected chi connectivity index (χ1v) is 3.60. The highest BCUT2D eigenvalue weighted by Crippen LogP contribution is 2.06. The van der Waals surface area contributed by atoms with Crippen molar-refractivity contribution in [3.63, 3.8) is 0 Å². The van der Waals surface area contributed by atoms with Crippen molar-refractivity contribution in [3.8, 4) is 0 Å². The molecule has 5 heteroatoms. The van der Waals surface area contributed by atoms with E-state index in [-0.39, 0.29) is 5.56 Å². The zero-order valence-corrected chi connectivity index (χ0v) is 6.80. The van der Waals surface area contributed by atoms with E-state index in [0.717, 1.165) is 5.69 Å². The smallest absolute Gasteiger partial charge is 0.279 e. The quantitative estimate of drug-likeness (QED) is 0.586. The molecule has 2 heterocycles. The molecule has 12 heavy (non-hydrogen) atoms. The second kappa shape index (κ2) is 2.17. The van der Waals surface area contributed by atoms with Crippen molar-refractivity contribution in [2.75, 3.05) is 0 Å². The monoisotopic (exact) mass is 164 g/mol. The first kappa shape index (κ1) is 7.02. The largest absolute Gasteiger partial charge is 0.309 e. The fourth-order valence-corrected chi connectivity index (χ4v) is 1.14. The highest BCUT2D eigenvalue weighted by Gasteiger charge is 2.06. The maximum atomic E-state index is 11.2. The zero-order valence-electron chi connectivity index (χ0n) is 6.80. The molecule has 0 fully saturated rings. The molecule has 0 saturated carbocycles. The third kappa shape index (κ3) is 0.827. The van der Waals surface area contributed by atoms with Gasteiger partial charge in [0.25, 0.3) is 5.56 Å². The van der Waals surface area contributed by atoms with Gasteiger partial charge < -0.3 is 4.98 Å². The van der Waals surface area contributed by atoms with Crippen LogP contribution in [0.15, 0.2) is 4.79 Å². The average Bonchev–Trinajstić information content (AvgIpc) is 2.33. The van der Waals surface area contributed by atoms with E-state index in [1.165, 1.54) is 0 Å². The number of hydrogen-bond donors (Lipinski definition) is 2. The van der Waals surface area contributed by atoms with E-state index in [2.05, 4.69) is 20.2 Å². The summed E-state index contributed by atoms with van der Waals surface area (Å²) in [5, 5.41) is 6.54. The van der Waals surface area contributed by atoms with Gasteiger partial charge in [0.15, 0.2) is 5.52 Å². The van der Waals surface area contributed by atoms with Gasteiger partial charge in [-0.1, -0.05) is 0 Å². The maximum absolute atomic E-state index is 11.2. The standard InChI is InChI=1S/C7H8N4O/c1-3-5-6(11-10-3)7(12)9-4(2)8-5/h1-2H3,(H,10,11)(H,8,9,12). The van der Waals surface area contributed by atoms with Crippen molar-refractivity contribution < 1.29 is 0 Å². The summed E-state index contributed by atoms with van der Waals surface area (Å²) in [5.74, 6) is 0.608. The number of rotatable bonds is 0. The lowest BCUT2D eigenvalue weighted by Gasteiger charge is -1.90. The molecule has 0 aromatic carbocycles. The molecule has 0 aliphatic heterocycles. The van der Waals surface area contributed by atoms with Crippen LogP contribution in [0.25, 0.3) is 11.0 Å². The summed E-state index contributed by atoms with van der Waals surface area (Å²) in [6, 6.07) is 0. The van der Waals surface area contributed by atoms with Crippen molar-refractivity contribution in [1.82, 2.24) is 20.2 Å². The molecule has 0 amide bonds. The molecule has 2 N–H and O–H groups in total. The fraction of sp³-hybridized carbons (Fsp3) is 0.286. The number of aryl methyl sites for hydroxylation is 2. The Hall–Kier alpha value is -1.65. The Labute approximate surface area is 67.8 Å². The molecule has 0 saturated heterocycles. The van der Waals surface area contributed by atoms with E-state index in [1.807, 2.05) is 6.92 Å². The van der Waals surface area contributed by atoms with Gasteiger partial charge in [0.1, 0.15) is 11.3 Å². The van der Waals surface area contributed by atoms with E-state index in [9.17, 15) is 4.79 Å². The number of hydrogen-bond acceptors (Lipinski definition) is 3. The van der Waals surface area contributed by atoms with Crippen LogP contribution in [-0.2, 0) is 0 Å². The van der Waals surface area contributed by atoms with Gasteiger partial charge in [0.2, 0.25) is 0 Å². The van der Waals surface area contributed by atoms with E-state index in [1.54, 1.807) is 6.92 Å². The molecule has 2 aromatic heterocycles. The summed E-state index contributed by atoms with van der Waals surface area (Å²) >= 11 is 0. The lowest BCUT2D eigenvalue weighted by molar-refractivity contribution is 1.05. The summed E-state index contributed by atoms with van der Waals surface area (Å²) in [6.07, 6.45) is 0. The number of nitrogens with one attached hydrogen (secondary N) is 2. The lowest BCUT2D eigenvalue weighted by atomic mass is 10.3. The van der Waals surface area contributed by atoms with Crippen molar-refractivity contribution in [2.24, 2.45) is 0 Å². The third-order valence-corrected chi connectivity index (χ3v) is 1.70. The predicted molar refractivity (Wildman–Crippen MR) is 44.0 cm³/mol. The molecule has 0 radical (unpaired) electrons. The number of H-pyrrole nitrogens is 2. The molecule has 2 rings (SSSR count). The third-order valence-electron chi connectivity index (χ3n) is 1.70. The second-order valence-electron chi connectivity index (χ2n) is 2.70. The van der Waals surface area contributed by atoms with Crippen molar-refractivity contribution in [3.05, 3.63) is 21.9 Å². The van der Waals surface area contributed by atoms with Crippen molar-refractivity contribution in [2.45, 2.75) is 13.8 Å². The van der Waals surface area contributed by atoms with Crippen LogP contribution in [0, 0.1) is 13.8 Å². The van der Waals surface area contributed by atoms with Crippen LogP contribution in [0.4, 0.5) is 0 Å². The van der Waals surface area contributed by atoms with Crippen molar-refractivity contribution >= 4 is 11.0 Å². The molecular weight excluding hydrogens is 156 g/mol. The van der Waals surface area contributed by atoms with Crippen LogP contribution in [0.3, 0.4) is 0 Å². The normalized spacial score (nSPS) is 10.8. The first-order valence-electron chi connectivity index (χ1n) is 3.60. The number of nitrogens with zero attached hydrogens (tertiary/aromatic N) is 2. The summed E-state index contributed by atoms with van der Waals surface area (Å²) < 4.78 is 0. The molecule has 0 bridgehead atoms. The highest BCUT2D eigenvalue weighted by atomic mass is 16.1. The van der Waals surface area contributed by atoms with Crippen LogP contribution < -0.4 is 5.56 Å². The molecule has 62 valence electrons. The van der Waals surface area contributed by atoms with Gasteiger partial charge in [-0.15, -0.1) is 0 Å². The summed E-state index contributed by atoms with van der Waals surface area (Å²) in [7, 11) is 0. The van der Waals surface area contributed by atoms with E-state index in [4.69, 9.17) is 0 Å². The fourth-order valence-electron chi connectivity index (χ4n) is 1.14. The first-order chi connectivity index (χ1) is 5.68. The Balaban J connectivity index is 3.03. The summed E-state index contributed by atoms with van der Waals surface area (Å²) in [6.45, 7) is 3.58. The Morgan fingerprint density at radius 1 is 1.25 bits per heavy atom.